The monoisotopic (exact) mass is 403 g/mol. The number of aryl methyl sites for hydroxylation is 1. The van der Waals surface area contributed by atoms with Crippen LogP contribution >= 0.6 is 15.9 Å². The van der Waals surface area contributed by atoms with Crippen LogP contribution in [0.2, 0.25) is 0 Å². The molecule has 0 amide bonds. The summed E-state index contributed by atoms with van der Waals surface area (Å²) in [5.74, 6) is -0.00596. The average Bonchev–Trinajstić information content (AvgIpc) is 2.99. The molecule has 3 aromatic carbocycles. The van der Waals surface area contributed by atoms with Gasteiger partial charge in [-0.2, -0.15) is 0 Å². The van der Waals surface area contributed by atoms with Gasteiger partial charge in [0.2, 0.25) is 0 Å². The number of carbonyl (C=O) groups is 1. The van der Waals surface area contributed by atoms with Crippen molar-refractivity contribution >= 4 is 49.6 Å². The summed E-state index contributed by atoms with van der Waals surface area (Å²) in [6, 6.07) is 22.3. The van der Waals surface area contributed by atoms with Gasteiger partial charge in [0.1, 0.15) is 0 Å². The summed E-state index contributed by atoms with van der Waals surface area (Å²) in [4.78, 5) is 12.4. The first-order valence-electron chi connectivity index (χ1n) is 8.67. The van der Waals surface area contributed by atoms with Crippen molar-refractivity contribution in [2.45, 2.75) is 13.5 Å². The first-order valence-corrected chi connectivity index (χ1v) is 9.46. The second-order valence-corrected chi connectivity index (χ2v) is 7.07. The maximum Gasteiger partial charge on any atom is 0.186 e. The summed E-state index contributed by atoms with van der Waals surface area (Å²) in [7, 11) is 0. The van der Waals surface area contributed by atoms with Crippen LogP contribution in [0.3, 0.4) is 0 Å². The maximum atomic E-state index is 12.4. The molecule has 0 N–H and O–H groups in total. The van der Waals surface area contributed by atoms with Crippen LogP contribution in [-0.4, -0.2) is 10.4 Å². The summed E-state index contributed by atoms with van der Waals surface area (Å²) in [5, 5.41) is 2.47. The van der Waals surface area contributed by atoms with Crippen molar-refractivity contribution in [3.8, 4) is 0 Å². The molecule has 0 spiro atoms. The first-order chi connectivity index (χ1) is 12.7. The summed E-state index contributed by atoms with van der Waals surface area (Å²) in [6.45, 7) is 3.09. The molecular formula is C23H18BrNO. The average molecular weight is 404 g/mol. The minimum Gasteiger partial charge on any atom is -0.341 e. The van der Waals surface area contributed by atoms with E-state index in [4.69, 9.17) is 0 Å². The molecule has 0 bridgehead atoms. The number of allylic oxidation sites excluding steroid dienone is 1. The number of carbonyl (C=O) groups excluding carboxylic acids is 1. The van der Waals surface area contributed by atoms with Crippen molar-refractivity contribution in [3.63, 3.8) is 0 Å². The lowest BCUT2D eigenvalue weighted by molar-refractivity contribution is 0.104. The molecule has 0 atom stereocenters. The number of hydrogen-bond acceptors (Lipinski definition) is 1. The third-order valence-electron chi connectivity index (χ3n) is 4.68. The Morgan fingerprint density at radius 3 is 2.50 bits per heavy atom. The highest BCUT2D eigenvalue weighted by atomic mass is 79.9. The highest BCUT2D eigenvalue weighted by molar-refractivity contribution is 9.10. The summed E-state index contributed by atoms with van der Waals surface area (Å²) >= 11 is 3.44. The predicted octanol–water partition coefficient (Wildman–Crippen LogP) is 6.47. The molecular weight excluding hydrogens is 386 g/mol. The van der Waals surface area contributed by atoms with Crippen LogP contribution < -0.4 is 0 Å². The van der Waals surface area contributed by atoms with E-state index >= 15 is 0 Å². The fourth-order valence-corrected chi connectivity index (χ4v) is 3.92. The standard InChI is InChI=1S/C23H18BrNO/c1-2-25-21-10-6-4-7-17(21)19-15-16(11-13-22(19)25)12-14-23(26)18-8-3-5-9-20(18)24/h3-15H,2H2,1H3/b14-12+. The van der Waals surface area contributed by atoms with Gasteiger partial charge in [-0.25, -0.2) is 0 Å². The van der Waals surface area contributed by atoms with Gasteiger partial charge in [-0.1, -0.05) is 58.4 Å². The number of benzene rings is 3. The molecule has 26 heavy (non-hydrogen) atoms. The van der Waals surface area contributed by atoms with Crippen LogP contribution in [0.5, 0.6) is 0 Å². The summed E-state index contributed by atoms with van der Waals surface area (Å²) in [5.41, 5.74) is 4.17. The summed E-state index contributed by atoms with van der Waals surface area (Å²) in [6.07, 6.45) is 3.53. The lowest BCUT2D eigenvalue weighted by Gasteiger charge is -2.03. The van der Waals surface area contributed by atoms with Gasteiger partial charge < -0.3 is 4.57 Å². The number of rotatable bonds is 4. The summed E-state index contributed by atoms with van der Waals surface area (Å²) < 4.78 is 3.14. The van der Waals surface area contributed by atoms with Crippen LogP contribution in [0, 0.1) is 0 Å². The second-order valence-electron chi connectivity index (χ2n) is 6.22. The smallest absolute Gasteiger partial charge is 0.186 e. The zero-order valence-corrected chi connectivity index (χ0v) is 16.0. The third-order valence-corrected chi connectivity index (χ3v) is 5.37. The zero-order valence-electron chi connectivity index (χ0n) is 14.4. The van der Waals surface area contributed by atoms with E-state index in [1.54, 1.807) is 6.08 Å². The molecule has 128 valence electrons. The molecule has 4 rings (SSSR count). The third kappa shape index (κ3) is 2.89. The Morgan fingerprint density at radius 2 is 1.69 bits per heavy atom. The van der Waals surface area contributed by atoms with Gasteiger partial charge in [-0.15, -0.1) is 0 Å². The fourth-order valence-electron chi connectivity index (χ4n) is 3.44. The minimum atomic E-state index is -0.00596. The van der Waals surface area contributed by atoms with Gasteiger partial charge in [-0.3, -0.25) is 4.79 Å². The van der Waals surface area contributed by atoms with Crippen LogP contribution in [0.1, 0.15) is 22.8 Å². The number of nitrogens with zero attached hydrogens (tertiary/aromatic N) is 1. The Bertz CT molecular complexity index is 1150. The van der Waals surface area contributed by atoms with Crippen molar-refractivity contribution in [2.75, 3.05) is 0 Å². The minimum absolute atomic E-state index is 0.00596. The van der Waals surface area contributed by atoms with E-state index in [0.717, 1.165) is 16.6 Å². The Labute approximate surface area is 160 Å². The van der Waals surface area contributed by atoms with E-state index in [9.17, 15) is 4.79 Å². The maximum absolute atomic E-state index is 12.4. The molecule has 0 aliphatic heterocycles. The number of para-hydroxylation sites is 1. The van der Waals surface area contributed by atoms with Gasteiger partial charge in [0, 0.05) is 38.4 Å². The highest BCUT2D eigenvalue weighted by Crippen LogP contribution is 2.30. The second kappa shape index (κ2) is 6.93. The van der Waals surface area contributed by atoms with Crippen molar-refractivity contribution in [3.05, 3.63) is 88.4 Å². The van der Waals surface area contributed by atoms with E-state index in [0.29, 0.717) is 5.56 Å². The van der Waals surface area contributed by atoms with E-state index in [1.807, 2.05) is 30.3 Å². The lowest BCUT2D eigenvalue weighted by Crippen LogP contribution is -1.95. The fraction of sp³-hybridized carbons (Fsp3) is 0.0870. The van der Waals surface area contributed by atoms with Crippen molar-refractivity contribution < 1.29 is 4.79 Å². The van der Waals surface area contributed by atoms with E-state index in [1.165, 1.54) is 21.8 Å². The molecule has 0 unspecified atom stereocenters. The molecule has 0 aliphatic carbocycles. The number of hydrogen-bond donors (Lipinski definition) is 0. The molecule has 0 radical (unpaired) electrons. The highest BCUT2D eigenvalue weighted by Gasteiger charge is 2.09. The molecule has 0 aliphatic rings. The number of aromatic nitrogens is 1. The quantitative estimate of drug-likeness (QED) is 0.282. The number of halogens is 1. The van der Waals surface area contributed by atoms with Gasteiger partial charge in [-0.05, 0) is 48.9 Å². The van der Waals surface area contributed by atoms with E-state index in [2.05, 4.69) is 69.9 Å². The van der Waals surface area contributed by atoms with E-state index < -0.39 is 0 Å². The van der Waals surface area contributed by atoms with Crippen LogP contribution in [0.15, 0.2) is 77.3 Å². The molecule has 4 aromatic rings. The topological polar surface area (TPSA) is 22.0 Å². The first kappa shape index (κ1) is 16.8. The van der Waals surface area contributed by atoms with Crippen molar-refractivity contribution in [2.24, 2.45) is 0 Å². The van der Waals surface area contributed by atoms with Gasteiger partial charge in [0.05, 0.1) is 0 Å². The number of fused-ring (bicyclic) bond motifs is 3. The van der Waals surface area contributed by atoms with Crippen LogP contribution in [0.4, 0.5) is 0 Å². The van der Waals surface area contributed by atoms with Crippen LogP contribution in [0.25, 0.3) is 27.9 Å². The molecule has 2 nitrogen and oxygen atoms in total. The van der Waals surface area contributed by atoms with E-state index in [-0.39, 0.29) is 5.78 Å². The van der Waals surface area contributed by atoms with Crippen molar-refractivity contribution in [1.82, 2.24) is 4.57 Å². The zero-order chi connectivity index (χ0) is 18.1. The largest absolute Gasteiger partial charge is 0.341 e. The van der Waals surface area contributed by atoms with Crippen molar-refractivity contribution in [1.29, 1.82) is 0 Å². The van der Waals surface area contributed by atoms with Crippen LogP contribution in [-0.2, 0) is 6.54 Å². The molecule has 0 fully saturated rings. The Kier molecular flexibility index (Phi) is 4.48. The predicted molar refractivity (Wildman–Crippen MR) is 113 cm³/mol. The lowest BCUT2D eigenvalue weighted by atomic mass is 10.1. The van der Waals surface area contributed by atoms with Gasteiger partial charge in [0.25, 0.3) is 0 Å². The Balaban J connectivity index is 1.75. The Hall–Kier alpha value is -2.65. The normalized spacial score (nSPS) is 11.6. The van der Waals surface area contributed by atoms with Gasteiger partial charge >= 0.3 is 0 Å². The number of ketones is 1. The molecule has 1 heterocycles. The molecule has 0 saturated carbocycles. The SMILES string of the molecule is CCn1c2ccccc2c2cc(/C=C/C(=O)c3ccccc3Br)ccc21. The Morgan fingerprint density at radius 1 is 0.962 bits per heavy atom. The molecule has 0 saturated heterocycles. The van der Waals surface area contributed by atoms with Gasteiger partial charge in [0.15, 0.2) is 5.78 Å². The molecule has 1 aromatic heterocycles. The molecule has 3 heteroatoms.